The van der Waals surface area contributed by atoms with E-state index in [1.54, 1.807) is 6.20 Å². The first-order valence-electron chi connectivity index (χ1n) is 11.2. The molecule has 0 saturated heterocycles. The van der Waals surface area contributed by atoms with Crippen molar-refractivity contribution in [1.29, 1.82) is 0 Å². The number of fused-ring (bicyclic) bond motifs is 1. The first-order chi connectivity index (χ1) is 16.5. The van der Waals surface area contributed by atoms with Gasteiger partial charge in [-0.15, -0.1) is 0 Å². The summed E-state index contributed by atoms with van der Waals surface area (Å²) in [5.41, 5.74) is 7.27. The number of aliphatic carboxylic acids is 1. The predicted octanol–water partition coefficient (Wildman–Crippen LogP) is -0.269. The molecule has 0 aliphatic rings. The van der Waals surface area contributed by atoms with Gasteiger partial charge in [0.1, 0.15) is 18.1 Å². The Bertz CT molecular complexity index is 1040. The van der Waals surface area contributed by atoms with Gasteiger partial charge in [0.25, 0.3) is 0 Å². The van der Waals surface area contributed by atoms with E-state index in [2.05, 4.69) is 20.9 Å². The number of hydrogen-bond acceptors (Lipinski definition) is 7. The summed E-state index contributed by atoms with van der Waals surface area (Å²) in [6, 6.07) is 2.86. The van der Waals surface area contributed by atoms with Crippen molar-refractivity contribution in [2.45, 2.75) is 57.0 Å². The van der Waals surface area contributed by atoms with Crippen LogP contribution in [0.2, 0.25) is 0 Å². The molecular formula is C23H33N5O6S. The van der Waals surface area contributed by atoms with E-state index < -0.39 is 54.0 Å². The van der Waals surface area contributed by atoms with Crippen molar-refractivity contribution < 1.29 is 29.4 Å². The monoisotopic (exact) mass is 507 g/mol. The zero-order chi connectivity index (χ0) is 26.1. The van der Waals surface area contributed by atoms with Crippen LogP contribution in [0, 0.1) is 0 Å². The highest BCUT2D eigenvalue weighted by molar-refractivity contribution is 7.98. The van der Waals surface area contributed by atoms with Crippen molar-refractivity contribution in [3.63, 3.8) is 0 Å². The lowest BCUT2D eigenvalue weighted by molar-refractivity contribution is -0.143. The van der Waals surface area contributed by atoms with Crippen LogP contribution in [0.1, 0.15) is 25.8 Å². The van der Waals surface area contributed by atoms with Crippen LogP contribution in [0.4, 0.5) is 0 Å². The van der Waals surface area contributed by atoms with Crippen LogP contribution in [0.15, 0.2) is 30.5 Å². The molecule has 35 heavy (non-hydrogen) atoms. The first kappa shape index (κ1) is 28.1. The molecule has 0 spiro atoms. The molecule has 3 amide bonds. The number of rotatable bonds is 13. The molecule has 0 aliphatic carbocycles. The Hall–Kier alpha value is -3.09. The molecule has 1 heterocycles. The second kappa shape index (κ2) is 13.1. The third-order valence-electron chi connectivity index (χ3n) is 5.43. The molecule has 1 aromatic heterocycles. The van der Waals surface area contributed by atoms with Gasteiger partial charge in [0.15, 0.2) is 0 Å². The number of amides is 3. The fraction of sp³-hybridized carbons (Fsp3) is 0.478. The summed E-state index contributed by atoms with van der Waals surface area (Å²) in [4.78, 5) is 52.9. The molecule has 8 N–H and O–H groups in total. The van der Waals surface area contributed by atoms with E-state index in [1.165, 1.54) is 25.6 Å². The Balaban J connectivity index is 2.23. The van der Waals surface area contributed by atoms with E-state index in [1.807, 2.05) is 30.5 Å². The van der Waals surface area contributed by atoms with Gasteiger partial charge in [-0.1, -0.05) is 18.2 Å². The highest BCUT2D eigenvalue weighted by Gasteiger charge is 2.32. The summed E-state index contributed by atoms with van der Waals surface area (Å²) in [5, 5.41) is 27.8. The van der Waals surface area contributed by atoms with E-state index in [9.17, 15) is 29.4 Å². The molecule has 192 valence electrons. The topological polar surface area (TPSA) is 187 Å². The molecular weight excluding hydrogens is 474 g/mol. The van der Waals surface area contributed by atoms with E-state index in [0.29, 0.717) is 5.75 Å². The smallest absolute Gasteiger partial charge is 0.326 e. The van der Waals surface area contributed by atoms with Crippen LogP contribution >= 0.6 is 11.8 Å². The third-order valence-corrected chi connectivity index (χ3v) is 6.08. The number of carbonyl (C=O) groups excluding carboxylic acids is 3. The summed E-state index contributed by atoms with van der Waals surface area (Å²) in [6.45, 7) is 2.78. The van der Waals surface area contributed by atoms with Gasteiger partial charge in [-0.05, 0) is 43.9 Å². The number of thioether (sulfide) groups is 1. The number of carboxylic acids is 1. The van der Waals surface area contributed by atoms with Gasteiger partial charge in [0, 0.05) is 23.5 Å². The fourth-order valence-electron chi connectivity index (χ4n) is 3.45. The fourth-order valence-corrected chi connectivity index (χ4v) is 3.92. The SMILES string of the molecule is CSCCC(NC(=O)C(NC(=O)C(Cc1c[nH]c2ccccc12)NC(=O)C(C)N)C(C)O)C(=O)O. The van der Waals surface area contributed by atoms with Crippen molar-refractivity contribution in [3.8, 4) is 0 Å². The maximum atomic E-state index is 13.2. The van der Waals surface area contributed by atoms with E-state index >= 15 is 0 Å². The average Bonchev–Trinajstić information content (AvgIpc) is 3.21. The normalized spacial score (nSPS) is 15.5. The van der Waals surface area contributed by atoms with Crippen molar-refractivity contribution in [1.82, 2.24) is 20.9 Å². The minimum absolute atomic E-state index is 0.0912. The Morgan fingerprint density at radius 3 is 2.29 bits per heavy atom. The van der Waals surface area contributed by atoms with E-state index in [0.717, 1.165) is 16.5 Å². The van der Waals surface area contributed by atoms with Crippen molar-refractivity contribution >= 4 is 46.4 Å². The molecule has 0 aliphatic heterocycles. The van der Waals surface area contributed by atoms with Crippen molar-refractivity contribution in [2.24, 2.45) is 5.73 Å². The minimum atomic E-state index is -1.43. The summed E-state index contributed by atoms with van der Waals surface area (Å²) in [5.74, 6) is -2.85. The second-order valence-corrected chi connectivity index (χ2v) is 9.31. The molecule has 5 atom stereocenters. The first-order valence-corrected chi connectivity index (χ1v) is 12.6. The number of H-pyrrole nitrogens is 1. The van der Waals surface area contributed by atoms with Crippen LogP contribution < -0.4 is 21.7 Å². The van der Waals surface area contributed by atoms with Gasteiger partial charge in [-0.2, -0.15) is 11.8 Å². The highest BCUT2D eigenvalue weighted by atomic mass is 32.2. The lowest BCUT2D eigenvalue weighted by Crippen LogP contribution is -2.60. The van der Waals surface area contributed by atoms with Crippen molar-refractivity contribution in [2.75, 3.05) is 12.0 Å². The molecule has 2 rings (SSSR count). The molecule has 0 radical (unpaired) electrons. The van der Waals surface area contributed by atoms with Crippen LogP contribution in [0.25, 0.3) is 10.9 Å². The van der Waals surface area contributed by atoms with Gasteiger partial charge < -0.3 is 36.9 Å². The molecule has 2 aromatic rings. The number of aromatic nitrogens is 1. The number of para-hydroxylation sites is 1. The minimum Gasteiger partial charge on any atom is -0.480 e. The predicted molar refractivity (Wildman–Crippen MR) is 134 cm³/mol. The number of carboxylic acid groups (broad SMARTS) is 1. The lowest BCUT2D eigenvalue weighted by Gasteiger charge is -2.26. The average molecular weight is 508 g/mol. The molecule has 12 heteroatoms. The number of benzene rings is 1. The molecule has 0 fully saturated rings. The second-order valence-electron chi connectivity index (χ2n) is 8.32. The van der Waals surface area contributed by atoms with E-state index in [-0.39, 0.29) is 12.8 Å². The Kier molecular flexibility index (Phi) is 10.6. The summed E-state index contributed by atoms with van der Waals surface area (Å²) >= 11 is 1.43. The summed E-state index contributed by atoms with van der Waals surface area (Å²) < 4.78 is 0. The molecule has 5 unspecified atom stereocenters. The molecule has 11 nitrogen and oxygen atoms in total. The Morgan fingerprint density at radius 2 is 1.69 bits per heavy atom. The molecule has 0 bridgehead atoms. The van der Waals surface area contributed by atoms with Crippen LogP contribution in [0.3, 0.4) is 0 Å². The number of carbonyl (C=O) groups is 4. The van der Waals surface area contributed by atoms with Crippen LogP contribution in [-0.2, 0) is 25.6 Å². The van der Waals surface area contributed by atoms with Gasteiger partial charge in [-0.25, -0.2) is 4.79 Å². The summed E-state index contributed by atoms with van der Waals surface area (Å²) in [7, 11) is 0. The zero-order valence-electron chi connectivity index (χ0n) is 19.9. The third kappa shape index (κ3) is 7.98. The van der Waals surface area contributed by atoms with Gasteiger partial charge in [0.2, 0.25) is 17.7 Å². The summed E-state index contributed by atoms with van der Waals surface area (Å²) in [6.07, 6.45) is 2.48. The number of aromatic amines is 1. The highest BCUT2D eigenvalue weighted by Crippen LogP contribution is 2.19. The maximum Gasteiger partial charge on any atom is 0.326 e. The largest absolute Gasteiger partial charge is 0.480 e. The van der Waals surface area contributed by atoms with Crippen molar-refractivity contribution in [3.05, 3.63) is 36.0 Å². The number of hydrogen-bond donors (Lipinski definition) is 7. The zero-order valence-corrected chi connectivity index (χ0v) is 20.7. The van der Waals surface area contributed by atoms with Gasteiger partial charge in [-0.3, -0.25) is 14.4 Å². The number of nitrogens with one attached hydrogen (secondary N) is 4. The molecule has 1 aromatic carbocycles. The van der Waals surface area contributed by atoms with Crippen LogP contribution in [0.5, 0.6) is 0 Å². The maximum absolute atomic E-state index is 13.2. The van der Waals surface area contributed by atoms with Gasteiger partial charge in [0.05, 0.1) is 12.1 Å². The van der Waals surface area contributed by atoms with Crippen LogP contribution in [-0.4, -0.2) is 81.2 Å². The number of aliphatic hydroxyl groups is 1. The Labute approximate surface area is 207 Å². The quantitative estimate of drug-likeness (QED) is 0.193. The number of aliphatic hydroxyl groups excluding tert-OH is 1. The van der Waals surface area contributed by atoms with E-state index in [4.69, 9.17) is 5.73 Å². The molecule has 0 saturated carbocycles. The standard InChI is InChI=1S/C23H33N5O6S/c1-12(24)20(30)27-18(10-14-11-25-16-7-5-4-6-15(14)16)21(31)28-19(13(2)29)22(32)26-17(23(33)34)8-9-35-3/h4-7,11-13,17-19,25,29H,8-10,24H2,1-3H3,(H,26,32)(H,27,30)(H,28,31)(H,33,34). The lowest BCUT2D eigenvalue weighted by atomic mass is 10.0. The van der Waals surface area contributed by atoms with Gasteiger partial charge >= 0.3 is 5.97 Å². The Morgan fingerprint density at radius 1 is 1.03 bits per heavy atom. The number of nitrogens with two attached hydrogens (primary N) is 1.